The third-order valence-electron chi connectivity index (χ3n) is 6.69. The molecule has 0 amide bonds. The van der Waals surface area contributed by atoms with E-state index in [9.17, 15) is 8.42 Å². The summed E-state index contributed by atoms with van der Waals surface area (Å²) in [7, 11) is -1.29. The lowest BCUT2D eigenvalue weighted by molar-refractivity contribution is 0.0306. The molecule has 6 rings (SSSR count). The molecule has 1 unspecified atom stereocenters. The molecule has 3 saturated heterocycles. The quantitative estimate of drug-likeness (QED) is 0.591. The number of nitrogens with zero attached hydrogens (tertiary/aromatic N) is 3. The van der Waals surface area contributed by atoms with Crippen molar-refractivity contribution in [3.05, 3.63) is 65.2 Å². The van der Waals surface area contributed by atoms with Gasteiger partial charge in [-0.3, -0.25) is 9.58 Å². The average molecular weight is 457 g/mol. The molecule has 164 valence electrons. The predicted molar refractivity (Wildman–Crippen MR) is 124 cm³/mol. The topological polar surface area (TPSA) is 67.2 Å². The first kappa shape index (κ1) is 20.9. The van der Waals surface area contributed by atoms with E-state index in [0.29, 0.717) is 18.4 Å². The Morgan fingerprint density at radius 3 is 2.74 bits per heavy atom. The van der Waals surface area contributed by atoms with E-state index >= 15 is 0 Å². The maximum atomic E-state index is 12.6. The summed E-state index contributed by atoms with van der Waals surface area (Å²) in [6.45, 7) is 2.51. The Morgan fingerprint density at radius 2 is 2.03 bits per heavy atom. The Morgan fingerprint density at radius 1 is 1.19 bits per heavy atom. The molecule has 1 aromatic carbocycles. The van der Waals surface area contributed by atoms with Crippen LogP contribution in [0.3, 0.4) is 0 Å². The molecule has 2 aromatic heterocycles. The van der Waals surface area contributed by atoms with E-state index in [1.54, 1.807) is 11.3 Å². The van der Waals surface area contributed by atoms with Crippen molar-refractivity contribution < 1.29 is 8.42 Å². The van der Waals surface area contributed by atoms with Gasteiger partial charge in [-0.2, -0.15) is 5.10 Å². The Bertz CT molecular complexity index is 1130. The van der Waals surface area contributed by atoms with E-state index in [4.69, 9.17) is 5.10 Å². The van der Waals surface area contributed by atoms with Crippen LogP contribution in [0.25, 0.3) is 10.6 Å². The molecule has 4 atom stereocenters. The summed E-state index contributed by atoms with van der Waals surface area (Å²) >= 11 is 1.72. The van der Waals surface area contributed by atoms with Crippen molar-refractivity contribution in [2.45, 2.75) is 30.6 Å². The number of rotatable bonds is 7. The molecule has 0 spiro atoms. The summed E-state index contributed by atoms with van der Waals surface area (Å²) in [5.74, 6) is 1.06. The maximum Gasteiger partial charge on any atom is 0.215 e. The minimum atomic E-state index is -3.33. The molecule has 31 heavy (non-hydrogen) atoms. The summed E-state index contributed by atoms with van der Waals surface area (Å²) in [4.78, 5) is 3.67. The lowest BCUT2D eigenvalue weighted by Gasteiger charge is -2.49. The molecule has 6 nitrogen and oxygen atoms in total. The van der Waals surface area contributed by atoms with Gasteiger partial charge < -0.3 is 0 Å². The molecule has 5 heterocycles. The van der Waals surface area contributed by atoms with Gasteiger partial charge in [0.05, 0.1) is 10.6 Å². The summed E-state index contributed by atoms with van der Waals surface area (Å²) < 4.78 is 30.0. The smallest absolute Gasteiger partial charge is 0.215 e. The third kappa shape index (κ3) is 4.48. The second kappa shape index (κ2) is 8.50. The van der Waals surface area contributed by atoms with E-state index in [1.165, 1.54) is 10.6 Å². The van der Waals surface area contributed by atoms with Crippen molar-refractivity contribution in [2.24, 2.45) is 13.0 Å². The first-order chi connectivity index (χ1) is 15.0. The number of aryl methyl sites for hydroxylation is 1. The molecule has 2 bridgehead atoms. The van der Waals surface area contributed by atoms with Crippen molar-refractivity contribution in [2.75, 3.05) is 19.6 Å². The fourth-order valence-electron chi connectivity index (χ4n) is 5.13. The van der Waals surface area contributed by atoms with Gasteiger partial charge in [-0.05, 0) is 48.4 Å². The Hall–Kier alpha value is -2.00. The van der Waals surface area contributed by atoms with E-state index in [0.717, 1.165) is 37.2 Å². The van der Waals surface area contributed by atoms with Crippen molar-refractivity contribution in [1.82, 2.24) is 19.4 Å². The summed E-state index contributed by atoms with van der Waals surface area (Å²) in [5, 5.41) is 6.84. The highest BCUT2D eigenvalue weighted by Gasteiger charge is 2.42. The molecule has 3 aliphatic heterocycles. The number of aromatic nitrogens is 2. The zero-order valence-electron chi connectivity index (χ0n) is 17.6. The van der Waals surface area contributed by atoms with Gasteiger partial charge in [0.2, 0.25) is 10.0 Å². The minimum Gasteiger partial charge on any atom is -0.298 e. The third-order valence-corrected chi connectivity index (χ3v) is 8.90. The number of hydrogen-bond donors (Lipinski definition) is 1. The minimum absolute atomic E-state index is 0.0349. The molecule has 0 aliphatic carbocycles. The number of thiophene rings is 1. The molecule has 0 radical (unpaired) electrons. The van der Waals surface area contributed by atoms with Crippen molar-refractivity contribution in [3.8, 4) is 10.6 Å². The molecule has 3 aromatic rings. The van der Waals surface area contributed by atoms with Gasteiger partial charge in [0.15, 0.2) is 0 Å². The van der Waals surface area contributed by atoms with Gasteiger partial charge in [0.25, 0.3) is 0 Å². The predicted octanol–water partition coefficient (Wildman–Crippen LogP) is 3.45. The van der Waals surface area contributed by atoms with Crippen LogP contribution in [0.4, 0.5) is 0 Å². The summed E-state index contributed by atoms with van der Waals surface area (Å²) in [6, 6.07) is 16.1. The number of nitrogens with one attached hydrogen (secondary N) is 1. The molecule has 1 N–H and O–H groups in total. The standard InChI is InChI=1S/C23H28N4O2S2/c1-26-22(13-21(25-26)23-8-5-11-30-23)20-15-27-10-9-18(20)12-19(27)14-24-31(28,29)16-17-6-3-2-4-7-17/h2-8,11,13,18-20,24H,9-10,12,14-16H2,1H3/t18-,19+,20-/m0/s1. The highest BCUT2D eigenvalue weighted by molar-refractivity contribution is 7.88. The molecular formula is C23H28N4O2S2. The van der Waals surface area contributed by atoms with Crippen LogP contribution in [0, 0.1) is 5.92 Å². The number of sulfonamides is 1. The van der Waals surface area contributed by atoms with Crippen LogP contribution in [0.15, 0.2) is 53.9 Å². The zero-order valence-corrected chi connectivity index (χ0v) is 19.3. The summed E-state index contributed by atoms with van der Waals surface area (Å²) in [5.41, 5.74) is 3.16. The fraction of sp³-hybridized carbons (Fsp3) is 0.435. The van der Waals surface area contributed by atoms with Crippen LogP contribution in [-0.4, -0.2) is 48.8 Å². The average Bonchev–Trinajstić information content (AvgIpc) is 3.43. The van der Waals surface area contributed by atoms with Crippen LogP contribution < -0.4 is 4.72 Å². The van der Waals surface area contributed by atoms with E-state index in [2.05, 4.69) is 33.2 Å². The molecule has 0 saturated carbocycles. The fourth-order valence-corrected chi connectivity index (χ4v) is 6.99. The molecule has 3 fully saturated rings. The number of hydrogen-bond acceptors (Lipinski definition) is 5. The lowest BCUT2D eigenvalue weighted by Crippen LogP contribution is -2.56. The second-order valence-electron chi connectivity index (χ2n) is 8.69. The van der Waals surface area contributed by atoms with Crippen molar-refractivity contribution in [3.63, 3.8) is 0 Å². The monoisotopic (exact) mass is 456 g/mol. The zero-order chi connectivity index (χ0) is 21.4. The van der Waals surface area contributed by atoms with E-state index < -0.39 is 10.0 Å². The van der Waals surface area contributed by atoms with Crippen LogP contribution in [0.1, 0.15) is 30.0 Å². The first-order valence-electron chi connectivity index (χ1n) is 10.8. The number of piperidine rings is 3. The number of benzene rings is 1. The maximum absolute atomic E-state index is 12.6. The molecule has 8 heteroatoms. The van der Waals surface area contributed by atoms with Crippen LogP contribution in [0.5, 0.6) is 0 Å². The van der Waals surface area contributed by atoms with Gasteiger partial charge >= 0.3 is 0 Å². The largest absolute Gasteiger partial charge is 0.298 e. The summed E-state index contributed by atoms with van der Waals surface area (Å²) in [6.07, 6.45) is 2.19. The van der Waals surface area contributed by atoms with E-state index in [-0.39, 0.29) is 11.8 Å². The SMILES string of the molecule is Cn1nc(-c2cccs2)cc1[C@H]1CN2CC[C@H]1C[C@@H]2CNS(=O)(=O)Cc1ccccc1. The van der Waals surface area contributed by atoms with Crippen LogP contribution in [-0.2, 0) is 22.8 Å². The van der Waals surface area contributed by atoms with Crippen LogP contribution in [0.2, 0.25) is 0 Å². The van der Waals surface area contributed by atoms with Gasteiger partial charge in [0.1, 0.15) is 5.69 Å². The Balaban J connectivity index is 1.23. The van der Waals surface area contributed by atoms with Gasteiger partial charge in [-0.1, -0.05) is 36.4 Å². The van der Waals surface area contributed by atoms with Crippen molar-refractivity contribution >= 4 is 21.4 Å². The Labute approximate surface area is 188 Å². The molecule has 3 aliphatic rings. The molecular weight excluding hydrogens is 428 g/mol. The second-order valence-corrected chi connectivity index (χ2v) is 11.4. The van der Waals surface area contributed by atoms with Gasteiger partial charge in [-0.25, -0.2) is 13.1 Å². The Kier molecular flexibility index (Phi) is 5.73. The lowest BCUT2D eigenvalue weighted by atomic mass is 9.74. The van der Waals surface area contributed by atoms with E-state index in [1.807, 2.05) is 42.1 Å². The number of fused-ring (bicyclic) bond motifs is 3. The first-order valence-corrected chi connectivity index (χ1v) is 13.3. The highest BCUT2D eigenvalue weighted by atomic mass is 32.2. The van der Waals surface area contributed by atoms with Crippen molar-refractivity contribution in [1.29, 1.82) is 0 Å². The van der Waals surface area contributed by atoms with Crippen LogP contribution >= 0.6 is 11.3 Å². The normalized spacial score (nSPS) is 25.7. The van der Waals surface area contributed by atoms with Gasteiger partial charge in [0, 0.05) is 37.8 Å². The highest BCUT2D eigenvalue weighted by Crippen LogP contribution is 2.42. The van der Waals surface area contributed by atoms with Gasteiger partial charge in [-0.15, -0.1) is 11.3 Å².